The summed E-state index contributed by atoms with van der Waals surface area (Å²) >= 11 is 0. The second-order valence-electron chi connectivity index (χ2n) is 5.25. The highest BCUT2D eigenvalue weighted by molar-refractivity contribution is 6.04. The van der Waals surface area contributed by atoms with Crippen LogP contribution in [0.3, 0.4) is 0 Å². The number of benzene rings is 3. The number of para-hydroxylation sites is 1. The highest BCUT2D eigenvalue weighted by atomic mass is 16.5. The van der Waals surface area contributed by atoms with E-state index < -0.39 is 0 Å². The van der Waals surface area contributed by atoms with Crippen LogP contribution in [0.5, 0.6) is 5.75 Å². The van der Waals surface area contributed by atoms with Gasteiger partial charge in [-0.3, -0.25) is 4.79 Å². The summed E-state index contributed by atoms with van der Waals surface area (Å²) in [7, 11) is 1.60. The van der Waals surface area contributed by atoms with Crippen LogP contribution >= 0.6 is 0 Å². The Bertz CT molecular complexity index is 815. The fourth-order valence-corrected chi connectivity index (χ4v) is 2.31. The van der Waals surface area contributed by atoms with Crippen LogP contribution in [0.1, 0.15) is 10.4 Å². The fraction of sp³-hybridized carbons (Fsp3) is 0.0500. The van der Waals surface area contributed by atoms with E-state index in [0.717, 1.165) is 22.8 Å². The summed E-state index contributed by atoms with van der Waals surface area (Å²) in [6, 6.07) is 24.5. The Kier molecular flexibility index (Phi) is 4.77. The molecule has 120 valence electrons. The number of amides is 1. The van der Waals surface area contributed by atoms with Crippen molar-refractivity contribution in [2.24, 2.45) is 0 Å². The molecule has 0 aliphatic rings. The van der Waals surface area contributed by atoms with E-state index >= 15 is 0 Å². The molecule has 0 radical (unpaired) electrons. The van der Waals surface area contributed by atoms with Gasteiger partial charge in [-0.2, -0.15) is 0 Å². The summed E-state index contributed by atoms with van der Waals surface area (Å²) in [5.74, 6) is 0.565. The van der Waals surface area contributed by atoms with E-state index in [0.29, 0.717) is 5.56 Å². The minimum Gasteiger partial charge on any atom is -0.497 e. The highest BCUT2D eigenvalue weighted by Crippen LogP contribution is 2.20. The standard InChI is InChI=1S/C20H18N2O2/c1-24-19-12-10-15(11-13-19)20(23)22-18-9-5-8-17(14-18)21-16-6-3-2-4-7-16/h2-14,21H,1H3,(H,22,23). The molecule has 1 amide bonds. The number of rotatable bonds is 5. The molecule has 0 bridgehead atoms. The van der Waals surface area contributed by atoms with Crippen molar-refractivity contribution in [3.63, 3.8) is 0 Å². The number of ether oxygens (including phenoxy) is 1. The van der Waals surface area contributed by atoms with Crippen molar-refractivity contribution in [1.82, 2.24) is 0 Å². The molecule has 0 heterocycles. The van der Waals surface area contributed by atoms with Crippen LogP contribution in [-0.4, -0.2) is 13.0 Å². The summed E-state index contributed by atoms with van der Waals surface area (Å²) in [4.78, 5) is 12.3. The minimum absolute atomic E-state index is 0.158. The Morgan fingerprint density at radius 2 is 1.46 bits per heavy atom. The summed E-state index contributed by atoms with van der Waals surface area (Å²) in [6.07, 6.45) is 0. The predicted molar refractivity (Wildman–Crippen MR) is 97.1 cm³/mol. The first kappa shape index (κ1) is 15.6. The first-order valence-electron chi connectivity index (χ1n) is 7.62. The Labute approximate surface area is 141 Å². The quantitative estimate of drug-likeness (QED) is 0.717. The lowest BCUT2D eigenvalue weighted by atomic mass is 10.2. The molecule has 0 saturated carbocycles. The molecule has 2 N–H and O–H groups in total. The van der Waals surface area contributed by atoms with Gasteiger partial charge in [0.05, 0.1) is 7.11 Å². The summed E-state index contributed by atoms with van der Waals surface area (Å²) in [6.45, 7) is 0. The highest BCUT2D eigenvalue weighted by Gasteiger charge is 2.06. The van der Waals surface area contributed by atoms with Crippen molar-refractivity contribution in [1.29, 1.82) is 0 Å². The lowest BCUT2D eigenvalue weighted by Crippen LogP contribution is -2.11. The van der Waals surface area contributed by atoms with E-state index in [1.807, 2.05) is 54.6 Å². The molecule has 3 rings (SSSR count). The number of hydrogen-bond donors (Lipinski definition) is 2. The second-order valence-corrected chi connectivity index (χ2v) is 5.25. The molecular formula is C20H18N2O2. The lowest BCUT2D eigenvalue weighted by Gasteiger charge is -2.10. The molecule has 4 nitrogen and oxygen atoms in total. The molecule has 0 spiro atoms. The van der Waals surface area contributed by atoms with Crippen LogP contribution in [0.4, 0.5) is 17.1 Å². The molecular weight excluding hydrogens is 300 g/mol. The van der Waals surface area contributed by atoms with Crippen LogP contribution in [0.25, 0.3) is 0 Å². The molecule has 0 unspecified atom stereocenters. The van der Waals surface area contributed by atoms with Gasteiger partial charge in [0.15, 0.2) is 0 Å². The van der Waals surface area contributed by atoms with E-state index in [1.165, 1.54) is 0 Å². The molecule has 24 heavy (non-hydrogen) atoms. The Balaban J connectivity index is 1.70. The van der Waals surface area contributed by atoms with Gasteiger partial charge in [0.25, 0.3) is 5.91 Å². The van der Waals surface area contributed by atoms with Crippen LogP contribution < -0.4 is 15.4 Å². The maximum Gasteiger partial charge on any atom is 0.255 e. The molecule has 0 aliphatic heterocycles. The molecule has 0 aliphatic carbocycles. The SMILES string of the molecule is COc1ccc(C(=O)Nc2cccc(Nc3ccccc3)c2)cc1. The monoisotopic (exact) mass is 318 g/mol. The van der Waals surface area contributed by atoms with E-state index in [4.69, 9.17) is 4.74 Å². The van der Waals surface area contributed by atoms with Gasteiger partial charge in [0, 0.05) is 22.6 Å². The lowest BCUT2D eigenvalue weighted by molar-refractivity contribution is 0.102. The Morgan fingerprint density at radius 1 is 0.792 bits per heavy atom. The maximum atomic E-state index is 12.3. The summed E-state index contributed by atoms with van der Waals surface area (Å²) in [5.41, 5.74) is 3.22. The molecule has 0 saturated heterocycles. The third kappa shape index (κ3) is 3.93. The third-order valence-corrected chi connectivity index (χ3v) is 3.54. The maximum absolute atomic E-state index is 12.3. The van der Waals surface area contributed by atoms with Crippen molar-refractivity contribution < 1.29 is 9.53 Å². The van der Waals surface area contributed by atoms with E-state index in [9.17, 15) is 4.79 Å². The number of carbonyl (C=O) groups excluding carboxylic acids is 1. The van der Waals surface area contributed by atoms with Gasteiger partial charge in [-0.15, -0.1) is 0 Å². The summed E-state index contributed by atoms with van der Waals surface area (Å²) < 4.78 is 5.10. The molecule has 0 fully saturated rings. The van der Waals surface area contributed by atoms with Gasteiger partial charge in [0.2, 0.25) is 0 Å². The van der Waals surface area contributed by atoms with E-state index in [-0.39, 0.29) is 5.91 Å². The Morgan fingerprint density at radius 3 is 2.17 bits per heavy atom. The van der Waals surface area contributed by atoms with Crippen LogP contribution in [0, 0.1) is 0 Å². The van der Waals surface area contributed by atoms with E-state index in [1.54, 1.807) is 31.4 Å². The first-order chi connectivity index (χ1) is 11.7. The average Bonchev–Trinajstić information content (AvgIpc) is 2.63. The van der Waals surface area contributed by atoms with Crippen LogP contribution in [0.15, 0.2) is 78.9 Å². The first-order valence-corrected chi connectivity index (χ1v) is 7.62. The largest absolute Gasteiger partial charge is 0.497 e. The zero-order chi connectivity index (χ0) is 16.8. The van der Waals surface area contributed by atoms with E-state index in [2.05, 4.69) is 10.6 Å². The number of methoxy groups -OCH3 is 1. The summed E-state index contributed by atoms with van der Waals surface area (Å²) in [5, 5.41) is 6.21. The van der Waals surface area contributed by atoms with Crippen molar-refractivity contribution in [2.75, 3.05) is 17.7 Å². The molecule has 0 aromatic heterocycles. The van der Waals surface area contributed by atoms with Gasteiger partial charge >= 0.3 is 0 Å². The number of nitrogens with one attached hydrogen (secondary N) is 2. The molecule has 3 aromatic rings. The second kappa shape index (κ2) is 7.33. The number of hydrogen-bond acceptors (Lipinski definition) is 3. The van der Waals surface area contributed by atoms with Gasteiger partial charge < -0.3 is 15.4 Å². The van der Waals surface area contributed by atoms with Gasteiger partial charge in [0.1, 0.15) is 5.75 Å². The molecule has 3 aromatic carbocycles. The predicted octanol–water partition coefficient (Wildman–Crippen LogP) is 4.69. The Hall–Kier alpha value is -3.27. The topological polar surface area (TPSA) is 50.4 Å². The zero-order valence-corrected chi connectivity index (χ0v) is 13.3. The van der Waals surface area contributed by atoms with Crippen LogP contribution in [-0.2, 0) is 0 Å². The van der Waals surface area contributed by atoms with Crippen molar-refractivity contribution in [2.45, 2.75) is 0 Å². The zero-order valence-electron chi connectivity index (χ0n) is 13.3. The smallest absolute Gasteiger partial charge is 0.255 e. The van der Waals surface area contributed by atoms with Gasteiger partial charge in [-0.1, -0.05) is 24.3 Å². The molecule has 4 heteroatoms. The number of carbonyl (C=O) groups is 1. The van der Waals surface area contributed by atoms with Crippen molar-refractivity contribution in [3.8, 4) is 5.75 Å². The van der Waals surface area contributed by atoms with Gasteiger partial charge in [-0.25, -0.2) is 0 Å². The van der Waals surface area contributed by atoms with Crippen molar-refractivity contribution in [3.05, 3.63) is 84.4 Å². The normalized spacial score (nSPS) is 10.0. The molecule has 0 atom stereocenters. The van der Waals surface area contributed by atoms with Crippen molar-refractivity contribution >= 4 is 23.0 Å². The average molecular weight is 318 g/mol. The van der Waals surface area contributed by atoms with Crippen LogP contribution in [0.2, 0.25) is 0 Å². The third-order valence-electron chi connectivity index (χ3n) is 3.54. The fourth-order valence-electron chi connectivity index (χ4n) is 2.31. The van der Waals surface area contributed by atoms with Gasteiger partial charge in [-0.05, 0) is 54.6 Å². The minimum atomic E-state index is -0.158. The number of anilines is 3.